The summed E-state index contributed by atoms with van der Waals surface area (Å²) in [6.07, 6.45) is 1.05. The molecule has 0 radical (unpaired) electrons. The third-order valence-electron chi connectivity index (χ3n) is 4.88. The van der Waals surface area contributed by atoms with E-state index in [1.165, 1.54) is 0 Å². The molecule has 6 nitrogen and oxygen atoms in total. The molecule has 0 saturated heterocycles. The van der Waals surface area contributed by atoms with Crippen LogP contribution in [0.2, 0.25) is 0 Å². The predicted molar refractivity (Wildman–Crippen MR) is 148 cm³/mol. The first-order valence-corrected chi connectivity index (χ1v) is 12.5. The number of hydrogen-bond donors (Lipinski definition) is 3. The maximum Gasteiger partial charge on any atom is 0.257 e. The molecule has 3 aromatic carbocycles. The van der Waals surface area contributed by atoms with Crippen LogP contribution >= 0.6 is 28.1 Å². The number of thiocarbonyl (C=S) groups is 1. The SMILES string of the molecule is CC(C)COc1ccc(C(=O)NC(=S)Nc2cccc(NC(=O)CCc3ccccc3)c2)cc1Br. The predicted octanol–water partition coefficient (Wildman–Crippen LogP) is 6.18. The molecule has 8 heteroatoms. The largest absolute Gasteiger partial charge is 0.492 e. The Morgan fingerprint density at radius 2 is 1.66 bits per heavy atom. The summed E-state index contributed by atoms with van der Waals surface area (Å²) in [6, 6.07) is 22.2. The summed E-state index contributed by atoms with van der Waals surface area (Å²) in [4.78, 5) is 24.9. The van der Waals surface area contributed by atoms with Crippen molar-refractivity contribution >= 4 is 56.4 Å². The minimum atomic E-state index is -0.344. The molecule has 0 heterocycles. The maximum absolute atomic E-state index is 12.6. The quantitative estimate of drug-likeness (QED) is 0.275. The van der Waals surface area contributed by atoms with Crippen LogP contribution in [0.4, 0.5) is 11.4 Å². The standard InChI is InChI=1S/C27H28BrN3O3S/c1-18(2)17-34-24-13-12-20(15-23(24)28)26(33)31-27(35)30-22-10-6-9-21(16-22)29-25(32)14-11-19-7-4-3-5-8-19/h3-10,12-13,15-16,18H,11,14,17H2,1-2H3,(H,29,32)(H2,30,31,33,35). The lowest BCUT2D eigenvalue weighted by molar-refractivity contribution is -0.116. The molecule has 35 heavy (non-hydrogen) atoms. The molecule has 0 aliphatic carbocycles. The van der Waals surface area contributed by atoms with Crippen molar-refractivity contribution in [2.45, 2.75) is 26.7 Å². The zero-order valence-corrected chi connectivity index (χ0v) is 22.0. The number of nitrogens with one attached hydrogen (secondary N) is 3. The van der Waals surface area contributed by atoms with E-state index in [0.29, 0.717) is 52.5 Å². The van der Waals surface area contributed by atoms with Crippen molar-refractivity contribution in [3.63, 3.8) is 0 Å². The van der Waals surface area contributed by atoms with E-state index in [0.717, 1.165) is 5.56 Å². The second-order valence-corrected chi connectivity index (χ2v) is 9.64. The van der Waals surface area contributed by atoms with Crippen molar-refractivity contribution in [3.05, 3.63) is 88.4 Å². The molecule has 3 aromatic rings. The fourth-order valence-corrected chi connectivity index (χ4v) is 3.86. The van der Waals surface area contributed by atoms with E-state index in [4.69, 9.17) is 17.0 Å². The van der Waals surface area contributed by atoms with Gasteiger partial charge in [-0.15, -0.1) is 0 Å². The van der Waals surface area contributed by atoms with Gasteiger partial charge in [0.2, 0.25) is 5.91 Å². The van der Waals surface area contributed by atoms with E-state index in [1.807, 2.05) is 30.3 Å². The highest BCUT2D eigenvalue weighted by atomic mass is 79.9. The van der Waals surface area contributed by atoms with E-state index < -0.39 is 0 Å². The van der Waals surface area contributed by atoms with Gasteiger partial charge in [0.05, 0.1) is 11.1 Å². The molecule has 0 aromatic heterocycles. The third kappa shape index (κ3) is 8.81. The van der Waals surface area contributed by atoms with E-state index in [1.54, 1.807) is 42.5 Å². The van der Waals surface area contributed by atoms with Crippen LogP contribution in [0.1, 0.15) is 36.2 Å². The Bertz CT molecular complexity index is 1190. The molecule has 2 amide bonds. The van der Waals surface area contributed by atoms with Crippen molar-refractivity contribution in [1.29, 1.82) is 0 Å². The molecule has 0 aliphatic rings. The van der Waals surface area contributed by atoms with Crippen molar-refractivity contribution in [2.75, 3.05) is 17.2 Å². The van der Waals surface area contributed by atoms with E-state index >= 15 is 0 Å². The smallest absolute Gasteiger partial charge is 0.257 e. The summed E-state index contributed by atoms with van der Waals surface area (Å²) < 4.78 is 6.42. The molecule has 0 fully saturated rings. The summed E-state index contributed by atoms with van der Waals surface area (Å²) in [7, 11) is 0. The van der Waals surface area contributed by atoms with Gasteiger partial charge in [-0.2, -0.15) is 0 Å². The number of anilines is 2. The van der Waals surface area contributed by atoms with Crippen LogP contribution in [0.5, 0.6) is 5.75 Å². The van der Waals surface area contributed by atoms with Gasteiger partial charge in [0, 0.05) is 23.4 Å². The number of ether oxygens (including phenoxy) is 1. The van der Waals surface area contributed by atoms with Crippen molar-refractivity contribution in [1.82, 2.24) is 5.32 Å². The second kappa shape index (κ2) is 13.0. The first kappa shape index (κ1) is 26.4. The minimum Gasteiger partial charge on any atom is -0.492 e. The first-order valence-electron chi connectivity index (χ1n) is 11.3. The highest BCUT2D eigenvalue weighted by molar-refractivity contribution is 9.10. The Labute approximate surface area is 219 Å². The van der Waals surface area contributed by atoms with Crippen molar-refractivity contribution in [3.8, 4) is 5.75 Å². The number of amides is 2. The van der Waals surface area contributed by atoms with Crippen LogP contribution < -0.4 is 20.7 Å². The number of rotatable bonds is 9. The summed E-state index contributed by atoms with van der Waals surface area (Å²) >= 11 is 8.75. The lowest BCUT2D eigenvalue weighted by atomic mass is 10.1. The van der Waals surface area contributed by atoms with Crippen LogP contribution in [0, 0.1) is 5.92 Å². The van der Waals surface area contributed by atoms with Gasteiger partial charge in [0.25, 0.3) is 5.91 Å². The van der Waals surface area contributed by atoms with Gasteiger partial charge in [0.1, 0.15) is 5.75 Å². The maximum atomic E-state index is 12.6. The van der Waals surface area contributed by atoms with Crippen LogP contribution in [0.25, 0.3) is 0 Å². The highest BCUT2D eigenvalue weighted by Gasteiger charge is 2.12. The van der Waals surface area contributed by atoms with Gasteiger partial charge < -0.3 is 15.4 Å². The zero-order valence-electron chi connectivity index (χ0n) is 19.6. The fraction of sp³-hybridized carbons (Fsp3) is 0.222. The summed E-state index contributed by atoms with van der Waals surface area (Å²) in [5.41, 5.74) is 2.85. The number of aryl methyl sites for hydroxylation is 1. The van der Waals surface area contributed by atoms with Gasteiger partial charge in [-0.3, -0.25) is 14.9 Å². The Hall–Kier alpha value is -3.23. The normalized spacial score (nSPS) is 10.5. The van der Waals surface area contributed by atoms with E-state index in [-0.39, 0.29) is 16.9 Å². The zero-order chi connectivity index (χ0) is 25.2. The lowest BCUT2D eigenvalue weighted by Gasteiger charge is -2.13. The molecule has 0 spiro atoms. The molecule has 182 valence electrons. The van der Waals surface area contributed by atoms with Crippen LogP contribution in [0.3, 0.4) is 0 Å². The highest BCUT2D eigenvalue weighted by Crippen LogP contribution is 2.26. The van der Waals surface area contributed by atoms with Crippen molar-refractivity contribution < 1.29 is 14.3 Å². The van der Waals surface area contributed by atoms with Gasteiger partial charge in [-0.1, -0.05) is 50.2 Å². The average molecular weight is 555 g/mol. The summed E-state index contributed by atoms with van der Waals surface area (Å²) in [5.74, 6) is 0.658. The molecule has 0 atom stereocenters. The molecule has 3 N–H and O–H groups in total. The Morgan fingerprint density at radius 1 is 0.943 bits per heavy atom. The average Bonchev–Trinajstić information content (AvgIpc) is 2.82. The monoisotopic (exact) mass is 553 g/mol. The van der Waals surface area contributed by atoms with Crippen LogP contribution in [-0.4, -0.2) is 23.5 Å². The number of carbonyl (C=O) groups excluding carboxylic acids is 2. The molecule has 0 aliphatic heterocycles. The molecule has 0 unspecified atom stereocenters. The topological polar surface area (TPSA) is 79.5 Å². The third-order valence-corrected chi connectivity index (χ3v) is 5.70. The number of hydrogen-bond acceptors (Lipinski definition) is 4. The number of carbonyl (C=O) groups is 2. The molecule has 0 saturated carbocycles. The van der Waals surface area contributed by atoms with Gasteiger partial charge >= 0.3 is 0 Å². The molecular weight excluding hydrogens is 526 g/mol. The van der Waals surface area contributed by atoms with E-state index in [2.05, 4.69) is 45.7 Å². The lowest BCUT2D eigenvalue weighted by Crippen LogP contribution is -2.34. The molecule has 3 rings (SSSR count). The number of benzene rings is 3. The van der Waals surface area contributed by atoms with E-state index in [9.17, 15) is 9.59 Å². The minimum absolute atomic E-state index is 0.0757. The Balaban J connectivity index is 1.51. The summed E-state index contributed by atoms with van der Waals surface area (Å²) in [6.45, 7) is 4.73. The molecular formula is C27H28BrN3O3S. The van der Waals surface area contributed by atoms with Gasteiger partial charge in [-0.25, -0.2) is 0 Å². The van der Waals surface area contributed by atoms with Gasteiger partial charge in [0.15, 0.2) is 5.11 Å². The Kier molecular flexibility index (Phi) is 9.81. The fourth-order valence-electron chi connectivity index (χ4n) is 3.15. The van der Waals surface area contributed by atoms with Gasteiger partial charge in [-0.05, 0) is 82.4 Å². The van der Waals surface area contributed by atoms with Crippen LogP contribution in [-0.2, 0) is 11.2 Å². The summed E-state index contributed by atoms with van der Waals surface area (Å²) in [5, 5.41) is 8.70. The first-order chi connectivity index (χ1) is 16.8. The van der Waals surface area contributed by atoms with Crippen molar-refractivity contribution in [2.24, 2.45) is 5.92 Å². The molecule has 0 bridgehead atoms. The second-order valence-electron chi connectivity index (χ2n) is 8.37. The number of halogens is 1. The Morgan fingerprint density at radius 3 is 2.34 bits per heavy atom. The van der Waals surface area contributed by atoms with Crippen LogP contribution in [0.15, 0.2) is 77.3 Å².